The van der Waals surface area contributed by atoms with Gasteiger partial charge in [-0.2, -0.15) is 0 Å². The lowest BCUT2D eigenvalue weighted by molar-refractivity contribution is 0.102. The summed E-state index contributed by atoms with van der Waals surface area (Å²) in [6.45, 7) is 0.335. The second kappa shape index (κ2) is 9.68. The fourth-order valence-corrected chi connectivity index (χ4v) is 6.12. The van der Waals surface area contributed by atoms with E-state index in [9.17, 15) is 13.2 Å². The van der Waals surface area contributed by atoms with Gasteiger partial charge in [-0.05, 0) is 56.4 Å². The highest BCUT2D eigenvalue weighted by Crippen LogP contribution is 2.31. The Kier molecular flexibility index (Phi) is 6.95. The average molecular weight is 476 g/mol. The molecule has 0 fully saturated rings. The fraction of sp³-hybridized carbons (Fsp3) is 0.364. The van der Waals surface area contributed by atoms with E-state index >= 15 is 0 Å². The zero-order valence-electron chi connectivity index (χ0n) is 17.3. The van der Waals surface area contributed by atoms with Gasteiger partial charge in [-0.1, -0.05) is 30.0 Å². The molecule has 164 valence electrons. The molecule has 1 aromatic carbocycles. The third kappa shape index (κ3) is 5.65. The molecule has 0 radical (unpaired) electrons. The maximum atomic E-state index is 12.8. The molecule has 2 heterocycles. The molecule has 1 N–H and O–H groups in total. The third-order valence-corrected chi connectivity index (χ3v) is 7.97. The minimum Gasteiger partial charge on any atom is -0.292 e. The molecule has 9 heteroatoms. The molecule has 6 nitrogen and oxygen atoms in total. The zero-order chi connectivity index (χ0) is 21.8. The first-order chi connectivity index (χ1) is 14.9. The minimum atomic E-state index is -3.20. The number of nitrogens with one attached hydrogen (secondary N) is 1. The van der Waals surface area contributed by atoms with Crippen LogP contribution in [0.3, 0.4) is 0 Å². The van der Waals surface area contributed by atoms with Gasteiger partial charge in [0.1, 0.15) is 0 Å². The number of benzene rings is 1. The van der Waals surface area contributed by atoms with Gasteiger partial charge in [-0.3, -0.25) is 9.36 Å². The first-order valence-electron chi connectivity index (χ1n) is 10.3. The van der Waals surface area contributed by atoms with Crippen molar-refractivity contribution >= 4 is 38.9 Å². The van der Waals surface area contributed by atoms with Crippen molar-refractivity contribution in [3.63, 3.8) is 0 Å². The van der Waals surface area contributed by atoms with Crippen molar-refractivity contribution in [2.45, 2.75) is 37.3 Å². The molecule has 3 aromatic rings. The molecule has 0 bridgehead atoms. The number of thioether (sulfide) groups is 1. The Morgan fingerprint density at radius 1 is 1.16 bits per heavy atom. The van der Waals surface area contributed by atoms with E-state index in [1.165, 1.54) is 35.2 Å². The summed E-state index contributed by atoms with van der Waals surface area (Å²) in [4.78, 5) is 19.4. The third-order valence-electron chi connectivity index (χ3n) is 5.12. The second-order valence-electron chi connectivity index (χ2n) is 7.56. The van der Waals surface area contributed by atoms with Crippen LogP contribution in [0.1, 0.15) is 38.8 Å². The van der Waals surface area contributed by atoms with Gasteiger partial charge in [0.05, 0.1) is 22.6 Å². The summed E-state index contributed by atoms with van der Waals surface area (Å²) in [7, 11) is -3.20. The van der Waals surface area contributed by atoms with Gasteiger partial charge in [-0.15, -0.1) is 11.3 Å². The smallest absolute Gasteiger partial charge is 0.208 e. The van der Waals surface area contributed by atoms with Gasteiger partial charge in [0.15, 0.2) is 10.9 Å². The molecular weight excluding hydrogens is 450 g/mol. The summed E-state index contributed by atoms with van der Waals surface area (Å²) in [5.41, 5.74) is 3.51. The topological polar surface area (TPSA) is 81.1 Å². The van der Waals surface area contributed by atoms with Crippen LogP contribution in [-0.4, -0.2) is 42.3 Å². The van der Waals surface area contributed by atoms with Gasteiger partial charge < -0.3 is 0 Å². The van der Waals surface area contributed by atoms with E-state index in [-0.39, 0.29) is 5.78 Å². The number of thiophene rings is 1. The lowest BCUT2D eigenvalue weighted by Gasteiger charge is -2.15. The molecule has 0 atom stereocenters. The highest BCUT2D eigenvalue weighted by molar-refractivity contribution is 7.99. The molecule has 2 aromatic heterocycles. The maximum absolute atomic E-state index is 12.8. The molecule has 0 spiro atoms. The van der Waals surface area contributed by atoms with Gasteiger partial charge in [0.25, 0.3) is 0 Å². The molecule has 0 amide bonds. The number of rotatable bonds is 9. The maximum Gasteiger partial charge on any atom is 0.208 e. The number of carbonyl (C=O) groups is 1. The summed E-state index contributed by atoms with van der Waals surface area (Å²) in [5.74, 6) is 0.391. The lowest BCUT2D eigenvalue weighted by atomic mass is 10.0. The number of carbonyl (C=O) groups excluding carboxylic acids is 1. The SMILES string of the molecule is CS(=O)(=O)NCCc1ccc(C(=O)CSc2nc3c(n2-c2ccccc2)CCCC3)s1. The Morgan fingerprint density at radius 3 is 2.71 bits per heavy atom. The Bertz CT molecular complexity index is 1170. The van der Waals surface area contributed by atoms with Crippen molar-refractivity contribution in [1.82, 2.24) is 14.3 Å². The van der Waals surface area contributed by atoms with Crippen LogP contribution in [0.2, 0.25) is 0 Å². The Labute approximate surface area is 191 Å². The van der Waals surface area contributed by atoms with E-state index in [1.807, 2.05) is 30.3 Å². The monoisotopic (exact) mass is 475 g/mol. The van der Waals surface area contributed by atoms with Crippen molar-refractivity contribution in [1.29, 1.82) is 0 Å². The molecule has 1 aliphatic rings. The van der Waals surface area contributed by atoms with Gasteiger partial charge >= 0.3 is 0 Å². The van der Waals surface area contributed by atoms with Crippen molar-refractivity contribution in [2.24, 2.45) is 0 Å². The van der Waals surface area contributed by atoms with Crippen LogP contribution in [-0.2, 0) is 29.3 Å². The standard InChI is InChI=1S/C22H25N3O3S3/c1-31(27,28)23-14-13-17-11-12-21(30-17)20(26)15-29-22-24-18-9-5-6-10-19(18)25(22)16-7-3-2-4-8-16/h2-4,7-8,11-12,23H,5-6,9-10,13-15H2,1H3. The number of ketones is 1. The highest BCUT2D eigenvalue weighted by Gasteiger charge is 2.22. The number of aromatic nitrogens is 2. The van der Waals surface area contributed by atoms with Crippen LogP contribution < -0.4 is 4.72 Å². The zero-order valence-corrected chi connectivity index (χ0v) is 19.8. The van der Waals surface area contributed by atoms with Crippen LogP contribution in [0, 0.1) is 0 Å². The molecule has 0 saturated heterocycles. The molecule has 4 rings (SSSR count). The first kappa shape index (κ1) is 22.3. The average Bonchev–Trinajstić information content (AvgIpc) is 3.36. The number of imidazole rings is 1. The van der Waals surface area contributed by atoms with Crippen LogP contribution in [0.4, 0.5) is 0 Å². The van der Waals surface area contributed by atoms with Gasteiger partial charge in [0, 0.05) is 22.8 Å². The normalized spacial score (nSPS) is 13.8. The Morgan fingerprint density at radius 2 is 1.94 bits per heavy atom. The highest BCUT2D eigenvalue weighted by atomic mass is 32.2. The quantitative estimate of drug-likeness (QED) is 0.375. The van der Waals surface area contributed by atoms with E-state index in [4.69, 9.17) is 4.98 Å². The number of nitrogens with zero attached hydrogens (tertiary/aromatic N) is 2. The Balaban J connectivity index is 1.45. The number of Topliss-reactive ketones (excluding diaryl/α,β-unsaturated/α-hetero) is 1. The first-order valence-corrected chi connectivity index (χ1v) is 14.0. The Hall–Kier alpha value is -1.94. The number of aryl methyl sites for hydroxylation is 1. The van der Waals surface area contributed by atoms with Gasteiger partial charge in [-0.25, -0.2) is 18.1 Å². The second-order valence-corrected chi connectivity index (χ2v) is 11.5. The van der Waals surface area contributed by atoms with E-state index in [0.29, 0.717) is 23.6 Å². The van der Waals surface area contributed by atoms with Crippen LogP contribution in [0.15, 0.2) is 47.6 Å². The molecular formula is C22H25N3O3S3. The number of sulfonamides is 1. The number of hydrogen-bond acceptors (Lipinski definition) is 6. The molecule has 0 aliphatic heterocycles. The van der Waals surface area contributed by atoms with Gasteiger partial charge in [0.2, 0.25) is 10.0 Å². The number of para-hydroxylation sites is 1. The molecule has 0 saturated carbocycles. The number of hydrogen-bond donors (Lipinski definition) is 1. The summed E-state index contributed by atoms with van der Waals surface area (Å²) in [6, 6.07) is 13.9. The van der Waals surface area contributed by atoms with Crippen LogP contribution in [0.5, 0.6) is 0 Å². The largest absolute Gasteiger partial charge is 0.292 e. The molecule has 0 unspecified atom stereocenters. The van der Waals surface area contributed by atoms with E-state index in [1.54, 1.807) is 0 Å². The summed E-state index contributed by atoms with van der Waals surface area (Å²) in [5, 5.41) is 0.876. The fourth-order valence-electron chi connectivity index (χ4n) is 3.68. The van der Waals surface area contributed by atoms with Crippen molar-refractivity contribution < 1.29 is 13.2 Å². The van der Waals surface area contributed by atoms with Crippen LogP contribution >= 0.6 is 23.1 Å². The summed E-state index contributed by atoms with van der Waals surface area (Å²) < 4.78 is 27.1. The molecule has 1 aliphatic carbocycles. The summed E-state index contributed by atoms with van der Waals surface area (Å²) in [6.07, 6.45) is 6.05. The lowest BCUT2D eigenvalue weighted by Crippen LogP contribution is -2.23. The predicted octanol–water partition coefficient (Wildman–Crippen LogP) is 3.88. The molecule has 31 heavy (non-hydrogen) atoms. The van der Waals surface area contributed by atoms with Crippen molar-refractivity contribution in [3.8, 4) is 5.69 Å². The number of fused-ring (bicyclic) bond motifs is 1. The van der Waals surface area contributed by atoms with Crippen LogP contribution in [0.25, 0.3) is 5.69 Å². The van der Waals surface area contributed by atoms with E-state index < -0.39 is 10.0 Å². The van der Waals surface area contributed by atoms with E-state index in [2.05, 4.69) is 21.4 Å². The minimum absolute atomic E-state index is 0.0675. The van der Waals surface area contributed by atoms with Crippen molar-refractivity contribution in [2.75, 3.05) is 18.6 Å². The van der Waals surface area contributed by atoms with E-state index in [0.717, 1.165) is 46.9 Å². The summed E-state index contributed by atoms with van der Waals surface area (Å²) >= 11 is 2.92. The predicted molar refractivity (Wildman–Crippen MR) is 126 cm³/mol. The van der Waals surface area contributed by atoms with Crippen molar-refractivity contribution in [3.05, 3.63) is 63.6 Å².